The van der Waals surface area contributed by atoms with Gasteiger partial charge < -0.3 is 15.2 Å². The highest BCUT2D eigenvalue weighted by Crippen LogP contribution is 2.25. The molecule has 0 aromatic heterocycles. The lowest BCUT2D eigenvalue weighted by atomic mass is 10.2. The predicted octanol–water partition coefficient (Wildman–Crippen LogP) is 5.59. The highest BCUT2D eigenvalue weighted by Gasteiger charge is 2.25. The molecular weight excluding hydrogens is 464 g/mol. The highest BCUT2D eigenvalue weighted by atomic mass is 32.2. The molecule has 0 aliphatic carbocycles. The molecule has 0 aliphatic heterocycles. The van der Waals surface area contributed by atoms with Gasteiger partial charge in [-0.15, -0.1) is 0 Å². The van der Waals surface area contributed by atoms with Crippen molar-refractivity contribution in [3.05, 3.63) is 66.2 Å². The largest absolute Gasteiger partial charge is 0.507 e. The number of carbonyl (C=O) groups excluding carboxylic acids is 1. The molecule has 0 saturated heterocycles. The number of nitrogens with one attached hydrogen (secondary N) is 1. The third kappa shape index (κ3) is 11.4. The van der Waals surface area contributed by atoms with Gasteiger partial charge in [-0.2, -0.15) is 4.31 Å². The van der Waals surface area contributed by atoms with E-state index in [1.165, 1.54) is 34.1 Å². The summed E-state index contributed by atoms with van der Waals surface area (Å²) in [5.41, 5.74) is 1.10. The zero-order valence-electron chi connectivity index (χ0n) is 21.7. The number of aryl methyl sites for hydroxylation is 1. The molecule has 0 unspecified atom stereocenters. The maximum atomic E-state index is 13.1. The van der Waals surface area contributed by atoms with Crippen LogP contribution >= 0.6 is 0 Å². The summed E-state index contributed by atoms with van der Waals surface area (Å²) < 4.78 is 32.7. The Kier molecular flexibility index (Phi) is 12.0. The number of carbonyl (C=O) groups is 1. The summed E-state index contributed by atoms with van der Waals surface area (Å²) in [5, 5.41) is 12.4. The fourth-order valence-electron chi connectivity index (χ4n) is 3.02. The molecule has 0 bridgehead atoms. The molecule has 2 rings (SSSR count). The van der Waals surface area contributed by atoms with Gasteiger partial charge in [-0.1, -0.05) is 62.4 Å². The second kappa shape index (κ2) is 13.9. The van der Waals surface area contributed by atoms with E-state index in [2.05, 4.69) is 31.0 Å². The number of sulfonamides is 1. The van der Waals surface area contributed by atoms with Gasteiger partial charge in [-0.05, 0) is 58.2 Å². The van der Waals surface area contributed by atoms with E-state index >= 15 is 0 Å². The zero-order chi connectivity index (χ0) is 26.6. The van der Waals surface area contributed by atoms with Gasteiger partial charge in [-0.3, -0.25) is 0 Å². The smallest absolute Gasteiger partial charge is 0.407 e. The standard InChI is InChI=1S/C20H32N2O5S.C7H8/c1-7-16-13-17(9-10-18(16)23)28(25,26)22(14-15(2)3)12-8-11-21-19(24)27-20(4,5)6;1-7-5-3-2-4-6-7/h7,9-10,13,15,23H,1,8,11-12,14H2,2-6H3,(H,21,24);2-6H,1H3. The molecule has 0 saturated carbocycles. The van der Waals surface area contributed by atoms with E-state index in [4.69, 9.17) is 4.74 Å². The maximum absolute atomic E-state index is 13.1. The molecule has 2 N–H and O–H groups in total. The SMILES string of the molecule is C=Cc1cc(S(=O)(=O)N(CCCNC(=O)OC(C)(C)C)CC(C)C)ccc1O.Cc1ccccc1. The summed E-state index contributed by atoms with van der Waals surface area (Å²) in [6, 6.07) is 14.4. The van der Waals surface area contributed by atoms with E-state index in [1.807, 2.05) is 32.0 Å². The number of phenols is 1. The number of ether oxygens (including phenoxy) is 1. The van der Waals surface area contributed by atoms with Crippen molar-refractivity contribution in [2.45, 2.75) is 58.5 Å². The molecule has 2 aromatic carbocycles. The minimum Gasteiger partial charge on any atom is -0.507 e. The van der Waals surface area contributed by atoms with Crippen LogP contribution in [-0.2, 0) is 14.8 Å². The molecule has 194 valence electrons. The van der Waals surface area contributed by atoms with Crippen molar-refractivity contribution >= 4 is 22.2 Å². The number of alkyl carbamates (subject to hydrolysis) is 1. The predicted molar refractivity (Wildman–Crippen MR) is 142 cm³/mol. The Balaban J connectivity index is 0.000000744. The molecule has 1 amide bonds. The van der Waals surface area contributed by atoms with Crippen LogP contribution in [-0.4, -0.2) is 49.2 Å². The van der Waals surface area contributed by atoms with Gasteiger partial charge in [-0.25, -0.2) is 13.2 Å². The van der Waals surface area contributed by atoms with Gasteiger partial charge in [0.05, 0.1) is 4.90 Å². The van der Waals surface area contributed by atoms with Crippen molar-refractivity contribution in [1.82, 2.24) is 9.62 Å². The number of hydrogen-bond donors (Lipinski definition) is 2. The molecule has 0 fully saturated rings. The van der Waals surface area contributed by atoms with Crippen LogP contribution in [0.3, 0.4) is 0 Å². The topological polar surface area (TPSA) is 95.9 Å². The normalized spacial score (nSPS) is 11.5. The number of rotatable bonds is 9. The number of hydrogen-bond acceptors (Lipinski definition) is 5. The van der Waals surface area contributed by atoms with Gasteiger partial charge in [0.25, 0.3) is 0 Å². The van der Waals surface area contributed by atoms with Gasteiger partial charge in [0, 0.05) is 25.2 Å². The second-order valence-corrected chi connectivity index (χ2v) is 11.6. The molecule has 0 aliphatic rings. The number of amides is 1. The molecular formula is C27H40N2O5S. The Morgan fingerprint density at radius 1 is 1.17 bits per heavy atom. The Hall–Kier alpha value is -2.84. The first kappa shape index (κ1) is 30.2. The summed E-state index contributed by atoms with van der Waals surface area (Å²) in [7, 11) is -3.74. The quantitative estimate of drug-likeness (QED) is 0.434. The van der Waals surface area contributed by atoms with Crippen molar-refractivity contribution in [2.24, 2.45) is 5.92 Å². The Bertz CT molecular complexity index is 1040. The molecule has 0 radical (unpaired) electrons. The lowest BCUT2D eigenvalue weighted by molar-refractivity contribution is 0.0526. The summed E-state index contributed by atoms with van der Waals surface area (Å²) in [4.78, 5) is 11.8. The van der Waals surface area contributed by atoms with Crippen LogP contribution in [0.2, 0.25) is 0 Å². The Morgan fingerprint density at radius 3 is 2.29 bits per heavy atom. The number of phenolic OH excluding ortho intramolecular Hbond substituents is 1. The van der Waals surface area contributed by atoms with E-state index in [0.29, 0.717) is 25.1 Å². The monoisotopic (exact) mass is 504 g/mol. The average Bonchev–Trinajstić information content (AvgIpc) is 2.75. The van der Waals surface area contributed by atoms with E-state index in [1.54, 1.807) is 20.8 Å². The van der Waals surface area contributed by atoms with Crippen molar-refractivity contribution in [3.8, 4) is 5.75 Å². The molecule has 35 heavy (non-hydrogen) atoms. The van der Waals surface area contributed by atoms with Crippen molar-refractivity contribution in [3.63, 3.8) is 0 Å². The van der Waals surface area contributed by atoms with Crippen LogP contribution in [0.25, 0.3) is 6.08 Å². The minimum atomic E-state index is -3.74. The summed E-state index contributed by atoms with van der Waals surface area (Å²) in [5.74, 6) is 0.107. The van der Waals surface area contributed by atoms with Gasteiger partial charge in [0.1, 0.15) is 11.4 Å². The number of benzene rings is 2. The van der Waals surface area contributed by atoms with E-state index in [9.17, 15) is 18.3 Å². The minimum absolute atomic E-state index is 0.0223. The highest BCUT2D eigenvalue weighted by molar-refractivity contribution is 7.89. The number of aromatic hydroxyl groups is 1. The maximum Gasteiger partial charge on any atom is 0.407 e. The first-order valence-corrected chi connectivity index (χ1v) is 13.1. The fraction of sp³-hybridized carbons (Fsp3) is 0.444. The first-order valence-electron chi connectivity index (χ1n) is 11.7. The van der Waals surface area contributed by atoms with Gasteiger partial charge in [0.2, 0.25) is 10.0 Å². The van der Waals surface area contributed by atoms with Crippen LogP contribution in [0.4, 0.5) is 4.79 Å². The molecule has 0 heterocycles. The second-order valence-electron chi connectivity index (χ2n) is 9.62. The van der Waals surface area contributed by atoms with E-state index in [-0.39, 0.29) is 23.1 Å². The third-order valence-electron chi connectivity index (χ3n) is 4.62. The van der Waals surface area contributed by atoms with Crippen LogP contribution in [0.15, 0.2) is 60.0 Å². The van der Waals surface area contributed by atoms with Crippen molar-refractivity contribution in [1.29, 1.82) is 0 Å². The van der Waals surface area contributed by atoms with Crippen LogP contribution < -0.4 is 5.32 Å². The lowest BCUT2D eigenvalue weighted by Gasteiger charge is -2.24. The first-order chi connectivity index (χ1) is 16.3. The molecule has 0 atom stereocenters. The van der Waals surface area contributed by atoms with Crippen LogP contribution in [0.1, 0.15) is 52.2 Å². The fourth-order valence-corrected chi connectivity index (χ4v) is 4.69. The summed E-state index contributed by atoms with van der Waals surface area (Å²) in [6.07, 6.45) is 1.32. The molecule has 0 spiro atoms. The molecule has 8 heteroatoms. The summed E-state index contributed by atoms with van der Waals surface area (Å²) in [6.45, 7) is 15.8. The van der Waals surface area contributed by atoms with Gasteiger partial charge in [0.15, 0.2) is 0 Å². The Labute approximate surface area is 210 Å². The van der Waals surface area contributed by atoms with Gasteiger partial charge >= 0.3 is 6.09 Å². The number of nitrogens with zero attached hydrogens (tertiary/aromatic N) is 1. The van der Waals surface area contributed by atoms with Crippen LogP contribution in [0, 0.1) is 12.8 Å². The van der Waals surface area contributed by atoms with Crippen molar-refractivity contribution < 1.29 is 23.1 Å². The summed E-state index contributed by atoms with van der Waals surface area (Å²) >= 11 is 0. The molecule has 7 nitrogen and oxygen atoms in total. The third-order valence-corrected chi connectivity index (χ3v) is 6.48. The van der Waals surface area contributed by atoms with E-state index < -0.39 is 21.7 Å². The molecule has 2 aromatic rings. The van der Waals surface area contributed by atoms with E-state index in [0.717, 1.165) is 0 Å². The zero-order valence-corrected chi connectivity index (χ0v) is 22.6. The van der Waals surface area contributed by atoms with Crippen LogP contribution in [0.5, 0.6) is 5.75 Å². The van der Waals surface area contributed by atoms with Crippen molar-refractivity contribution in [2.75, 3.05) is 19.6 Å². The Morgan fingerprint density at radius 2 is 1.80 bits per heavy atom. The average molecular weight is 505 g/mol. The lowest BCUT2D eigenvalue weighted by Crippen LogP contribution is -2.38.